The van der Waals surface area contributed by atoms with Crippen LogP contribution in [0.25, 0.3) is 0 Å². The van der Waals surface area contributed by atoms with Crippen LogP contribution in [-0.2, 0) is 21.8 Å². The predicted octanol–water partition coefficient (Wildman–Crippen LogP) is 3.46. The molecule has 0 unspecified atom stereocenters. The molecule has 7 nitrogen and oxygen atoms in total. The summed E-state index contributed by atoms with van der Waals surface area (Å²) in [7, 11) is -1.82. The molecule has 31 heavy (non-hydrogen) atoms. The number of hydrogen-bond acceptors (Lipinski definition) is 4. The third kappa shape index (κ3) is 4.53. The molecule has 1 amide bonds. The number of halogens is 1. The summed E-state index contributed by atoms with van der Waals surface area (Å²) in [6.07, 6.45) is 5.92. The number of sulfonamides is 1. The Morgan fingerprint density at radius 2 is 1.87 bits per heavy atom. The summed E-state index contributed by atoms with van der Waals surface area (Å²) in [5.41, 5.74) is 1.43. The van der Waals surface area contributed by atoms with Crippen molar-refractivity contribution in [3.63, 3.8) is 0 Å². The number of aromatic nitrogens is 1. The molecule has 0 saturated carbocycles. The van der Waals surface area contributed by atoms with Gasteiger partial charge in [-0.1, -0.05) is 24.4 Å². The van der Waals surface area contributed by atoms with E-state index in [0.717, 1.165) is 31.4 Å². The van der Waals surface area contributed by atoms with Crippen LogP contribution in [0, 0.1) is 0 Å². The first-order valence-corrected chi connectivity index (χ1v) is 12.5. The number of hydrogen-bond donors (Lipinski definition) is 0. The molecule has 3 heterocycles. The summed E-state index contributed by atoms with van der Waals surface area (Å²) < 4.78 is 35.0. The summed E-state index contributed by atoms with van der Waals surface area (Å²) in [4.78, 5) is 15.4. The van der Waals surface area contributed by atoms with Crippen molar-refractivity contribution in [2.75, 3.05) is 32.8 Å². The first-order chi connectivity index (χ1) is 14.9. The summed E-state index contributed by atoms with van der Waals surface area (Å²) in [5, 5.41) is 0.123. The zero-order valence-electron chi connectivity index (χ0n) is 17.7. The quantitative estimate of drug-likeness (QED) is 0.693. The summed E-state index contributed by atoms with van der Waals surface area (Å²) >= 11 is 6.28. The van der Waals surface area contributed by atoms with Gasteiger partial charge in [0.25, 0.3) is 5.91 Å². The number of ether oxygens (including phenoxy) is 1. The Labute approximate surface area is 188 Å². The molecule has 2 fully saturated rings. The van der Waals surface area contributed by atoms with Crippen LogP contribution in [0.4, 0.5) is 0 Å². The van der Waals surface area contributed by atoms with E-state index < -0.39 is 10.0 Å². The van der Waals surface area contributed by atoms with E-state index in [4.69, 9.17) is 16.3 Å². The minimum Gasteiger partial charge on any atom is -0.379 e. The summed E-state index contributed by atoms with van der Waals surface area (Å²) in [5.74, 6) is -0.164. The zero-order chi connectivity index (χ0) is 22.0. The highest BCUT2D eigenvalue weighted by Crippen LogP contribution is 2.33. The first kappa shape index (κ1) is 22.3. The number of likely N-dealkylation sites (tertiary alicyclic amines) is 1. The van der Waals surface area contributed by atoms with Crippen molar-refractivity contribution < 1.29 is 17.9 Å². The highest BCUT2D eigenvalue weighted by atomic mass is 35.5. The van der Waals surface area contributed by atoms with Crippen molar-refractivity contribution in [1.82, 2.24) is 13.8 Å². The topological polar surface area (TPSA) is 71.9 Å². The smallest absolute Gasteiger partial charge is 0.254 e. The van der Waals surface area contributed by atoms with Gasteiger partial charge in [0.1, 0.15) is 4.90 Å². The van der Waals surface area contributed by atoms with Crippen molar-refractivity contribution in [1.29, 1.82) is 0 Å². The molecule has 0 spiro atoms. The van der Waals surface area contributed by atoms with Gasteiger partial charge in [0.15, 0.2) is 0 Å². The lowest BCUT2D eigenvalue weighted by Gasteiger charge is -2.31. The molecule has 168 valence electrons. The highest BCUT2D eigenvalue weighted by Gasteiger charge is 2.32. The van der Waals surface area contributed by atoms with Crippen molar-refractivity contribution in [2.45, 2.75) is 36.6 Å². The molecule has 1 aromatic carbocycles. The van der Waals surface area contributed by atoms with Crippen LogP contribution in [0.15, 0.2) is 41.4 Å². The lowest BCUT2D eigenvalue weighted by Crippen LogP contribution is -2.41. The van der Waals surface area contributed by atoms with Crippen LogP contribution in [0.3, 0.4) is 0 Å². The van der Waals surface area contributed by atoms with Crippen molar-refractivity contribution >= 4 is 27.5 Å². The third-order valence-corrected chi connectivity index (χ3v) is 8.49. The van der Waals surface area contributed by atoms with E-state index in [0.29, 0.717) is 25.3 Å². The van der Waals surface area contributed by atoms with E-state index >= 15 is 0 Å². The van der Waals surface area contributed by atoms with Gasteiger partial charge in [0, 0.05) is 44.1 Å². The van der Waals surface area contributed by atoms with Gasteiger partial charge >= 0.3 is 0 Å². The average Bonchev–Trinajstić information content (AvgIpc) is 3.05. The Kier molecular flexibility index (Phi) is 6.71. The fraction of sp³-hybridized carbons (Fsp3) is 0.500. The molecule has 0 aliphatic carbocycles. The number of aryl methyl sites for hydroxylation is 1. The van der Waals surface area contributed by atoms with Gasteiger partial charge in [-0.05, 0) is 43.2 Å². The molecule has 2 aromatic rings. The first-order valence-electron chi connectivity index (χ1n) is 10.7. The maximum absolute atomic E-state index is 13.6. The largest absolute Gasteiger partial charge is 0.379 e. The second kappa shape index (κ2) is 9.32. The van der Waals surface area contributed by atoms with E-state index in [-0.39, 0.29) is 35.0 Å². The number of rotatable bonds is 4. The van der Waals surface area contributed by atoms with Crippen LogP contribution in [0.2, 0.25) is 5.02 Å². The number of carbonyl (C=O) groups excluding carboxylic acids is 1. The van der Waals surface area contributed by atoms with E-state index in [2.05, 4.69) is 0 Å². The van der Waals surface area contributed by atoms with Crippen molar-refractivity contribution in [3.05, 3.63) is 52.8 Å². The number of nitrogens with zero attached hydrogens (tertiary/aromatic N) is 3. The molecule has 1 atom stereocenters. The fourth-order valence-corrected chi connectivity index (χ4v) is 6.31. The molecule has 2 saturated heterocycles. The summed E-state index contributed by atoms with van der Waals surface area (Å²) in [6.45, 7) is 1.89. The van der Waals surface area contributed by atoms with Crippen LogP contribution in [0.5, 0.6) is 0 Å². The van der Waals surface area contributed by atoms with Gasteiger partial charge in [-0.2, -0.15) is 4.31 Å². The van der Waals surface area contributed by atoms with Gasteiger partial charge in [-0.25, -0.2) is 8.42 Å². The molecular formula is C22H28ClN3O4S. The standard InChI is InChI=1S/C22H28ClN3O4S/c1-24-10-5-7-19(24)20-6-3-2-4-11-26(20)22(27)17-8-9-18(23)21(16-17)31(28,29)25-12-14-30-15-13-25/h5,7-10,16,20H,2-4,6,11-15H2,1H3/t20-/m1/s1. The lowest BCUT2D eigenvalue weighted by atomic mass is 10.1. The summed E-state index contributed by atoms with van der Waals surface area (Å²) in [6, 6.07) is 8.56. The second-order valence-corrected chi connectivity index (χ2v) is 10.4. The zero-order valence-corrected chi connectivity index (χ0v) is 19.2. The van der Waals surface area contributed by atoms with Crippen molar-refractivity contribution in [3.8, 4) is 0 Å². The maximum Gasteiger partial charge on any atom is 0.254 e. The Bertz CT molecular complexity index is 1050. The molecular weight excluding hydrogens is 438 g/mol. The maximum atomic E-state index is 13.6. The monoisotopic (exact) mass is 465 g/mol. The number of amides is 1. The Morgan fingerprint density at radius 1 is 1.10 bits per heavy atom. The van der Waals surface area contributed by atoms with Crippen molar-refractivity contribution in [2.24, 2.45) is 7.05 Å². The molecule has 0 bridgehead atoms. The molecule has 0 N–H and O–H groups in total. The number of morpholine rings is 1. The normalized spacial score (nSPS) is 21.1. The van der Waals surface area contributed by atoms with Gasteiger partial charge in [0.2, 0.25) is 10.0 Å². The lowest BCUT2D eigenvalue weighted by molar-refractivity contribution is 0.0674. The molecule has 2 aliphatic rings. The Morgan fingerprint density at radius 3 is 2.58 bits per heavy atom. The SMILES string of the molecule is Cn1cccc1[C@H]1CCCCCN1C(=O)c1ccc(Cl)c(S(=O)(=O)N2CCOCC2)c1. The number of carbonyl (C=O) groups is 1. The Hall–Kier alpha value is -1.87. The second-order valence-electron chi connectivity index (χ2n) is 8.07. The van der Waals surface area contributed by atoms with Crippen LogP contribution >= 0.6 is 11.6 Å². The highest BCUT2D eigenvalue weighted by molar-refractivity contribution is 7.89. The molecule has 0 radical (unpaired) electrons. The van der Waals surface area contributed by atoms with Gasteiger partial charge < -0.3 is 14.2 Å². The van der Waals surface area contributed by atoms with E-state index in [1.807, 2.05) is 34.8 Å². The third-order valence-electron chi connectivity index (χ3n) is 6.11. The van der Waals surface area contributed by atoms with Gasteiger partial charge in [-0.3, -0.25) is 4.79 Å². The fourth-order valence-electron chi connectivity index (χ4n) is 4.41. The molecule has 4 rings (SSSR count). The van der Waals surface area contributed by atoms with Crippen LogP contribution in [-0.4, -0.2) is 60.9 Å². The molecule has 9 heteroatoms. The molecule has 1 aromatic heterocycles. The van der Waals surface area contributed by atoms with E-state index in [1.54, 1.807) is 6.07 Å². The van der Waals surface area contributed by atoms with E-state index in [1.165, 1.54) is 16.4 Å². The number of benzene rings is 1. The van der Waals surface area contributed by atoms with Crippen LogP contribution in [0.1, 0.15) is 47.8 Å². The van der Waals surface area contributed by atoms with E-state index in [9.17, 15) is 13.2 Å². The van der Waals surface area contributed by atoms with Gasteiger partial charge in [-0.15, -0.1) is 0 Å². The molecule has 2 aliphatic heterocycles. The predicted molar refractivity (Wildman–Crippen MR) is 119 cm³/mol. The average molecular weight is 466 g/mol. The Balaban J connectivity index is 1.67. The minimum atomic E-state index is -3.80. The minimum absolute atomic E-state index is 0.0212. The van der Waals surface area contributed by atoms with Crippen LogP contribution < -0.4 is 0 Å². The van der Waals surface area contributed by atoms with Gasteiger partial charge in [0.05, 0.1) is 24.3 Å².